The van der Waals surface area contributed by atoms with Gasteiger partial charge in [0.15, 0.2) is 0 Å². The maximum absolute atomic E-state index is 12.2. The first-order valence-electron chi connectivity index (χ1n) is 7.30. The summed E-state index contributed by atoms with van der Waals surface area (Å²) in [4.78, 5) is 26.1. The third kappa shape index (κ3) is 2.73. The largest absolute Gasteiger partial charge is 0.497 e. The molecule has 1 saturated heterocycles. The summed E-state index contributed by atoms with van der Waals surface area (Å²) in [5.41, 5.74) is 0.824. The van der Waals surface area contributed by atoms with Crippen LogP contribution in [-0.4, -0.2) is 44.5 Å². The number of amides is 2. The lowest BCUT2D eigenvalue weighted by molar-refractivity contribution is -0.129. The average molecular weight is 306 g/mol. The molecule has 2 atom stereocenters. The van der Waals surface area contributed by atoms with Gasteiger partial charge >= 0.3 is 0 Å². The molecule has 0 radical (unpaired) electrons. The molecule has 6 heteroatoms. The molecule has 0 aromatic heterocycles. The van der Waals surface area contributed by atoms with Crippen molar-refractivity contribution in [1.29, 1.82) is 0 Å². The standard InChI is InChI=1S/C16H22N2O4/c1-5-18-14(19)9-12(16(20)17-2)15(18)11-7-6-10(21-3)8-13(11)22-4/h6-8,12,15H,5,9H2,1-4H3,(H,17,20)/t12-,15+/m1/s1. The predicted molar refractivity (Wildman–Crippen MR) is 81.8 cm³/mol. The molecular formula is C16H22N2O4. The van der Waals surface area contributed by atoms with Gasteiger partial charge in [-0.05, 0) is 19.1 Å². The minimum absolute atomic E-state index is 0.0148. The van der Waals surface area contributed by atoms with Gasteiger partial charge in [0.25, 0.3) is 0 Å². The van der Waals surface area contributed by atoms with Gasteiger partial charge in [-0.3, -0.25) is 9.59 Å². The first-order valence-corrected chi connectivity index (χ1v) is 7.30. The van der Waals surface area contributed by atoms with E-state index in [1.165, 1.54) is 0 Å². The summed E-state index contributed by atoms with van der Waals surface area (Å²) >= 11 is 0. The summed E-state index contributed by atoms with van der Waals surface area (Å²) in [6.07, 6.45) is 0.216. The van der Waals surface area contributed by atoms with Crippen LogP contribution in [0, 0.1) is 5.92 Å². The van der Waals surface area contributed by atoms with Gasteiger partial charge in [0, 0.05) is 31.6 Å². The van der Waals surface area contributed by atoms with Crippen molar-refractivity contribution in [1.82, 2.24) is 10.2 Å². The number of hydrogen-bond acceptors (Lipinski definition) is 4. The number of hydrogen-bond donors (Lipinski definition) is 1. The summed E-state index contributed by atoms with van der Waals surface area (Å²) in [6, 6.07) is 5.13. The molecule has 1 aromatic rings. The number of methoxy groups -OCH3 is 2. The van der Waals surface area contributed by atoms with Gasteiger partial charge in [0.1, 0.15) is 11.5 Å². The van der Waals surface area contributed by atoms with Gasteiger partial charge in [-0.15, -0.1) is 0 Å². The lowest BCUT2D eigenvalue weighted by Gasteiger charge is -2.28. The summed E-state index contributed by atoms with van der Waals surface area (Å²) in [7, 11) is 4.74. The lowest BCUT2D eigenvalue weighted by atomic mass is 9.92. The molecule has 120 valence electrons. The number of carbonyl (C=O) groups is 2. The zero-order valence-corrected chi connectivity index (χ0v) is 13.4. The zero-order valence-electron chi connectivity index (χ0n) is 13.4. The van der Waals surface area contributed by atoms with E-state index >= 15 is 0 Å². The number of nitrogens with zero attached hydrogens (tertiary/aromatic N) is 1. The third-order valence-electron chi connectivity index (χ3n) is 4.11. The van der Waals surface area contributed by atoms with Crippen LogP contribution in [0.25, 0.3) is 0 Å². The van der Waals surface area contributed by atoms with Crippen molar-refractivity contribution in [2.45, 2.75) is 19.4 Å². The predicted octanol–water partition coefficient (Wildman–Crippen LogP) is 1.36. The van der Waals surface area contributed by atoms with Crippen molar-refractivity contribution in [2.75, 3.05) is 27.8 Å². The summed E-state index contributed by atoms with van der Waals surface area (Å²) in [6.45, 7) is 2.46. The van der Waals surface area contributed by atoms with Crippen LogP contribution in [-0.2, 0) is 9.59 Å². The smallest absolute Gasteiger partial charge is 0.225 e. The van der Waals surface area contributed by atoms with Crippen molar-refractivity contribution in [2.24, 2.45) is 5.92 Å². The van der Waals surface area contributed by atoms with Crippen molar-refractivity contribution in [3.63, 3.8) is 0 Å². The van der Waals surface area contributed by atoms with Gasteiger partial charge in [0.05, 0.1) is 26.2 Å². The molecule has 1 aliphatic heterocycles. The normalized spacial score (nSPS) is 20.9. The Bertz CT molecular complexity index is 571. The van der Waals surface area contributed by atoms with E-state index < -0.39 is 5.92 Å². The molecule has 1 N–H and O–H groups in total. The highest BCUT2D eigenvalue weighted by molar-refractivity contribution is 5.90. The second-order valence-corrected chi connectivity index (χ2v) is 5.16. The third-order valence-corrected chi connectivity index (χ3v) is 4.11. The van der Waals surface area contributed by atoms with Gasteiger partial charge in [-0.2, -0.15) is 0 Å². The Morgan fingerprint density at radius 3 is 2.64 bits per heavy atom. The van der Waals surface area contributed by atoms with Crippen LogP contribution in [0.1, 0.15) is 24.9 Å². The second-order valence-electron chi connectivity index (χ2n) is 5.16. The highest BCUT2D eigenvalue weighted by Gasteiger charge is 2.44. The molecule has 0 spiro atoms. The molecule has 0 saturated carbocycles. The molecule has 6 nitrogen and oxygen atoms in total. The molecule has 0 bridgehead atoms. The SMILES string of the molecule is CCN1C(=O)C[C@@H](C(=O)NC)[C@@H]1c1ccc(OC)cc1OC. The van der Waals surface area contributed by atoms with E-state index in [0.29, 0.717) is 18.0 Å². The molecule has 2 rings (SSSR count). The van der Waals surface area contributed by atoms with E-state index in [1.807, 2.05) is 19.1 Å². The Hall–Kier alpha value is -2.24. The van der Waals surface area contributed by atoms with Crippen LogP contribution in [0.15, 0.2) is 18.2 Å². The number of likely N-dealkylation sites (tertiary alicyclic amines) is 1. The van der Waals surface area contributed by atoms with Crippen molar-refractivity contribution in [3.05, 3.63) is 23.8 Å². The molecule has 22 heavy (non-hydrogen) atoms. The highest BCUT2D eigenvalue weighted by atomic mass is 16.5. The first kappa shape index (κ1) is 16.1. The van der Waals surface area contributed by atoms with Crippen LogP contribution in [0.3, 0.4) is 0 Å². The van der Waals surface area contributed by atoms with Crippen LogP contribution >= 0.6 is 0 Å². The van der Waals surface area contributed by atoms with Crippen molar-refractivity contribution in [3.8, 4) is 11.5 Å². The number of benzene rings is 1. The molecule has 0 aliphatic carbocycles. The Morgan fingerprint density at radius 1 is 1.36 bits per heavy atom. The Kier molecular flexibility index (Phi) is 4.90. The van der Waals surface area contributed by atoms with E-state index in [1.54, 1.807) is 32.2 Å². The van der Waals surface area contributed by atoms with Crippen molar-refractivity contribution < 1.29 is 19.1 Å². The van der Waals surface area contributed by atoms with E-state index in [9.17, 15) is 9.59 Å². The molecular weight excluding hydrogens is 284 g/mol. The number of ether oxygens (including phenoxy) is 2. The van der Waals surface area contributed by atoms with Crippen LogP contribution < -0.4 is 14.8 Å². The number of nitrogens with one attached hydrogen (secondary N) is 1. The molecule has 2 amide bonds. The van der Waals surface area contributed by atoms with Crippen LogP contribution in [0.4, 0.5) is 0 Å². The highest BCUT2D eigenvalue weighted by Crippen LogP contribution is 2.42. The Morgan fingerprint density at radius 2 is 2.09 bits per heavy atom. The minimum atomic E-state index is -0.417. The fourth-order valence-corrected chi connectivity index (χ4v) is 3.03. The monoisotopic (exact) mass is 306 g/mol. The average Bonchev–Trinajstić information content (AvgIpc) is 2.89. The second kappa shape index (κ2) is 6.68. The quantitative estimate of drug-likeness (QED) is 0.892. The first-order chi connectivity index (χ1) is 10.6. The van der Waals surface area contributed by atoms with E-state index in [4.69, 9.17) is 9.47 Å². The summed E-state index contributed by atoms with van der Waals surface area (Å²) in [5, 5.41) is 2.65. The van der Waals surface area contributed by atoms with Gasteiger partial charge in [-0.1, -0.05) is 0 Å². The van der Waals surface area contributed by atoms with E-state index in [0.717, 1.165) is 5.56 Å². The van der Waals surface area contributed by atoms with E-state index in [2.05, 4.69) is 5.32 Å². The molecule has 1 heterocycles. The summed E-state index contributed by atoms with van der Waals surface area (Å²) < 4.78 is 10.6. The fraction of sp³-hybridized carbons (Fsp3) is 0.500. The molecule has 1 aromatic carbocycles. The topological polar surface area (TPSA) is 67.9 Å². The fourth-order valence-electron chi connectivity index (χ4n) is 3.03. The van der Waals surface area contributed by atoms with Crippen molar-refractivity contribution >= 4 is 11.8 Å². The maximum atomic E-state index is 12.2. The van der Waals surface area contributed by atoms with Crippen LogP contribution in [0.5, 0.6) is 11.5 Å². The Labute approximate surface area is 130 Å². The zero-order chi connectivity index (χ0) is 16.3. The Balaban J connectivity index is 2.49. The van der Waals surface area contributed by atoms with Gasteiger partial charge < -0.3 is 19.7 Å². The van der Waals surface area contributed by atoms with Gasteiger partial charge in [0.2, 0.25) is 11.8 Å². The van der Waals surface area contributed by atoms with E-state index in [-0.39, 0.29) is 24.3 Å². The van der Waals surface area contributed by atoms with Crippen LogP contribution in [0.2, 0.25) is 0 Å². The number of carbonyl (C=O) groups excluding carboxylic acids is 2. The molecule has 1 fully saturated rings. The maximum Gasteiger partial charge on any atom is 0.225 e. The van der Waals surface area contributed by atoms with Gasteiger partial charge in [-0.25, -0.2) is 0 Å². The lowest BCUT2D eigenvalue weighted by Crippen LogP contribution is -2.34. The molecule has 0 unspecified atom stereocenters. The number of rotatable bonds is 5. The summed E-state index contributed by atoms with van der Waals surface area (Å²) in [5.74, 6) is 0.724. The molecule has 1 aliphatic rings. The minimum Gasteiger partial charge on any atom is -0.497 e.